The first-order valence-electron chi connectivity index (χ1n) is 11.7. The first-order chi connectivity index (χ1) is 18.9. The minimum atomic E-state index is -1.06. The summed E-state index contributed by atoms with van der Waals surface area (Å²) < 4.78 is 15.0. The number of nitrogens with one attached hydrogen (secondary N) is 2. The third-order valence-corrected chi connectivity index (χ3v) is 7.36. The maximum absolute atomic E-state index is 13.1. The second-order valence-electron chi connectivity index (χ2n) is 9.24. The Hall–Kier alpha value is -4.12. The molecule has 0 spiro atoms. The SMILES string of the molecule is CNC(=O)OC/C=C\C1=C(C(=O)OCOC(=O)C(C)(C)C)N2C(=O)C(NC(=O)/C(=N\O)c3csc(N)n3)[C@@H]2SC1. The number of rotatable bonds is 9. The van der Waals surface area contributed by atoms with Gasteiger partial charge in [0.05, 0.1) is 5.41 Å². The Kier molecular flexibility index (Phi) is 9.75. The van der Waals surface area contributed by atoms with Gasteiger partial charge in [-0.25, -0.2) is 14.6 Å². The number of carbonyl (C=O) groups excluding carboxylic acids is 5. The van der Waals surface area contributed by atoms with Gasteiger partial charge in [0.2, 0.25) is 6.79 Å². The maximum atomic E-state index is 13.1. The highest BCUT2D eigenvalue weighted by atomic mass is 32.2. The van der Waals surface area contributed by atoms with Gasteiger partial charge in [-0.1, -0.05) is 11.2 Å². The number of thiazole rings is 1. The highest BCUT2D eigenvalue weighted by Gasteiger charge is 2.54. The lowest BCUT2D eigenvalue weighted by molar-refractivity contribution is -0.173. The molecule has 1 aromatic heterocycles. The quantitative estimate of drug-likeness (QED) is 0.0769. The van der Waals surface area contributed by atoms with Crippen LogP contribution in [0.2, 0.25) is 0 Å². The molecule has 0 aromatic carbocycles. The van der Waals surface area contributed by atoms with Crippen molar-refractivity contribution in [1.29, 1.82) is 0 Å². The number of β-lactam (4-membered cyclic amide) rings is 1. The zero-order valence-corrected chi connectivity index (χ0v) is 23.6. The Morgan fingerprint density at radius 2 is 2.00 bits per heavy atom. The lowest BCUT2D eigenvalue weighted by Gasteiger charge is -2.49. The van der Waals surface area contributed by atoms with Crippen molar-refractivity contribution in [1.82, 2.24) is 20.5 Å². The van der Waals surface area contributed by atoms with Crippen molar-refractivity contribution in [2.24, 2.45) is 10.6 Å². The number of nitrogens with zero attached hydrogens (tertiary/aromatic N) is 3. The van der Waals surface area contributed by atoms with E-state index in [0.717, 1.165) is 16.2 Å². The second-order valence-corrected chi connectivity index (χ2v) is 11.2. The van der Waals surface area contributed by atoms with E-state index in [1.807, 2.05) is 0 Å². The minimum absolute atomic E-state index is 0.0304. The van der Waals surface area contributed by atoms with Gasteiger partial charge in [-0.2, -0.15) is 0 Å². The summed E-state index contributed by atoms with van der Waals surface area (Å²) in [6.07, 6.45) is 2.33. The molecule has 0 aliphatic carbocycles. The summed E-state index contributed by atoms with van der Waals surface area (Å²) in [4.78, 5) is 67.4. The molecule has 0 radical (unpaired) electrons. The van der Waals surface area contributed by atoms with E-state index in [9.17, 15) is 29.2 Å². The zero-order valence-electron chi connectivity index (χ0n) is 22.0. The number of thioether (sulfide) groups is 1. The van der Waals surface area contributed by atoms with Crippen molar-refractivity contribution in [2.75, 3.05) is 31.9 Å². The van der Waals surface area contributed by atoms with E-state index in [4.69, 9.17) is 19.9 Å². The average Bonchev–Trinajstić information content (AvgIpc) is 3.34. The number of fused-ring (bicyclic) bond motifs is 1. The fourth-order valence-electron chi connectivity index (χ4n) is 3.39. The summed E-state index contributed by atoms with van der Waals surface area (Å²) in [5.41, 5.74) is 4.61. The van der Waals surface area contributed by atoms with Gasteiger partial charge in [-0.05, 0) is 32.4 Å². The molecule has 1 unspecified atom stereocenters. The molecule has 0 bridgehead atoms. The number of esters is 2. The number of alkyl carbamates (subject to hydrolysis) is 1. The van der Waals surface area contributed by atoms with E-state index in [0.29, 0.717) is 5.57 Å². The molecule has 1 aromatic rings. The lowest BCUT2D eigenvalue weighted by atomic mass is 9.98. The van der Waals surface area contributed by atoms with Crippen LogP contribution in [0.5, 0.6) is 0 Å². The van der Waals surface area contributed by atoms with Crippen LogP contribution in [0.3, 0.4) is 0 Å². The Balaban J connectivity index is 1.77. The summed E-state index contributed by atoms with van der Waals surface area (Å²) in [6, 6.07) is -1.06. The highest BCUT2D eigenvalue weighted by molar-refractivity contribution is 8.00. The van der Waals surface area contributed by atoms with E-state index in [1.54, 1.807) is 20.8 Å². The molecular weight excluding hydrogens is 568 g/mol. The molecule has 1 saturated heterocycles. The van der Waals surface area contributed by atoms with E-state index in [2.05, 4.69) is 20.8 Å². The van der Waals surface area contributed by atoms with Crippen molar-refractivity contribution in [3.8, 4) is 0 Å². The van der Waals surface area contributed by atoms with Crippen molar-refractivity contribution >= 4 is 63.8 Å². The van der Waals surface area contributed by atoms with E-state index in [-0.39, 0.29) is 28.9 Å². The lowest BCUT2D eigenvalue weighted by Crippen LogP contribution is -2.71. The Labute approximate surface area is 236 Å². The van der Waals surface area contributed by atoms with Crippen LogP contribution in [-0.4, -0.2) is 88.3 Å². The summed E-state index contributed by atoms with van der Waals surface area (Å²) in [5.74, 6) is -2.82. The van der Waals surface area contributed by atoms with Crippen molar-refractivity contribution in [3.63, 3.8) is 0 Å². The Bertz CT molecular complexity index is 1280. The number of amides is 3. The predicted octanol–water partition coefficient (Wildman–Crippen LogP) is 0.560. The van der Waals surface area contributed by atoms with Crippen LogP contribution in [0.25, 0.3) is 0 Å². The summed E-state index contributed by atoms with van der Waals surface area (Å²) in [7, 11) is 1.40. The van der Waals surface area contributed by atoms with Crippen LogP contribution < -0.4 is 16.4 Å². The standard InChI is InChI=1S/C23H28N6O9S2/c1-23(2,3)20(33)38-10-37-19(32)15-11(6-5-7-36-22(34)25-4)8-39-18-14(17(31)29(15)18)27-16(30)13(28-35)12-9-40-21(24)26-12/h5-6,9,14,18,35H,7-8,10H2,1-4H3,(H2,24,26)(H,25,34)(H,27,30)/b6-5-,28-13-/t14?,18-/m0/s1. The number of nitrogen functional groups attached to an aromatic ring is 1. The summed E-state index contributed by atoms with van der Waals surface area (Å²) in [5, 5.41) is 18.0. The minimum Gasteiger partial charge on any atom is -0.445 e. The molecule has 2 aliphatic heterocycles. The van der Waals surface area contributed by atoms with Crippen LogP contribution in [0.15, 0.2) is 34.0 Å². The number of carbonyl (C=O) groups is 5. The molecule has 1 fully saturated rings. The largest absolute Gasteiger partial charge is 0.445 e. The molecule has 5 N–H and O–H groups in total. The number of aromatic nitrogens is 1. The topological polar surface area (TPSA) is 212 Å². The maximum Gasteiger partial charge on any atom is 0.407 e. The molecule has 17 heteroatoms. The Morgan fingerprint density at radius 1 is 1.27 bits per heavy atom. The molecule has 3 heterocycles. The average molecular weight is 597 g/mol. The molecule has 2 atom stereocenters. The number of hydrogen-bond donors (Lipinski definition) is 4. The number of oxime groups is 1. The molecule has 2 aliphatic rings. The van der Waals surface area contributed by atoms with Gasteiger partial charge >= 0.3 is 18.0 Å². The fraction of sp³-hybridized carbons (Fsp3) is 0.435. The summed E-state index contributed by atoms with van der Waals surface area (Å²) in [6.45, 7) is 4.11. The number of nitrogens with two attached hydrogens (primary N) is 1. The second kappa shape index (κ2) is 12.8. The molecule has 15 nitrogen and oxygen atoms in total. The highest BCUT2D eigenvalue weighted by Crippen LogP contribution is 2.41. The summed E-state index contributed by atoms with van der Waals surface area (Å²) >= 11 is 2.28. The smallest absolute Gasteiger partial charge is 0.407 e. The molecule has 0 saturated carbocycles. The van der Waals surface area contributed by atoms with E-state index in [1.165, 1.54) is 36.3 Å². The number of anilines is 1. The van der Waals surface area contributed by atoms with Crippen LogP contribution in [0.4, 0.5) is 9.93 Å². The molecule has 216 valence electrons. The van der Waals surface area contributed by atoms with Crippen LogP contribution in [-0.2, 0) is 33.4 Å². The van der Waals surface area contributed by atoms with Crippen molar-refractivity contribution < 1.29 is 43.4 Å². The predicted molar refractivity (Wildman–Crippen MR) is 143 cm³/mol. The van der Waals surface area contributed by atoms with Crippen molar-refractivity contribution in [2.45, 2.75) is 32.2 Å². The first kappa shape index (κ1) is 30.4. The molecule has 3 rings (SSSR count). The monoisotopic (exact) mass is 596 g/mol. The number of allylic oxidation sites excluding steroid dienone is 1. The third-order valence-electron chi connectivity index (χ3n) is 5.38. The molecular formula is C23H28N6O9S2. The Morgan fingerprint density at radius 3 is 2.60 bits per heavy atom. The molecule has 40 heavy (non-hydrogen) atoms. The van der Waals surface area contributed by atoms with Crippen LogP contribution in [0, 0.1) is 5.41 Å². The normalized spacial score (nSPS) is 19.1. The third kappa shape index (κ3) is 6.90. The first-order valence-corrected chi connectivity index (χ1v) is 13.6. The van der Waals surface area contributed by atoms with Gasteiger partial charge in [0.25, 0.3) is 11.8 Å². The van der Waals surface area contributed by atoms with Gasteiger partial charge < -0.3 is 35.8 Å². The van der Waals surface area contributed by atoms with E-state index >= 15 is 0 Å². The number of ether oxygens (including phenoxy) is 3. The zero-order chi connectivity index (χ0) is 29.6. The van der Waals surface area contributed by atoms with Crippen LogP contribution in [0.1, 0.15) is 26.5 Å². The molecule has 3 amide bonds. The van der Waals surface area contributed by atoms with Crippen molar-refractivity contribution in [3.05, 3.63) is 34.5 Å². The van der Waals surface area contributed by atoms with Gasteiger partial charge in [0.15, 0.2) is 10.8 Å². The van der Waals surface area contributed by atoms with Gasteiger partial charge in [0, 0.05) is 18.2 Å². The van der Waals surface area contributed by atoms with Gasteiger partial charge in [-0.3, -0.25) is 19.3 Å². The van der Waals surface area contributed by atoms with Gasteiger partial charge in [0.1, 0.15) is 29.4 Å². The fourth-order valence-corrected chi connectivity index (χ4v) is 5.25. The number of hydrogen-bond acceptors (Lipinski definition) is 14. The van der Waals surface area contributed by atoms with E-state index < -0.39 is 59.2 Å². The van der Waals surface area contributed by atoms with Gasteiger partial charge in [-0.15, -0.1) is 23.1 Å². The van der Waals surface area contributed by atoms with Crippen LogP contribution >= 0.6 is 23.1 Å².